The van der Waals surface area contributed by atoms with Gasteiger partial charge in [0.25, 0.3) is 11.8 Å². The number of carboxylic acids is 2. The molecule has 1 aliphatic heterocycles. The first-order valence-corrected chi connectivity index (χ1v) is 7.07. The number of imide groups is 1. The van der Waals surface area contributed by atoms with E-state index in [0.29, 0.717) is 0 Å². The van der Waals surface area contributed by atoms with Gasteiger partial charge in [-0.3, -0.25) is 24.0 Å². The first-order valence-electron chi connectivity index (χ1n) is 7.07. The van der Waals surface area contributed by atoms with Crippen LogP contribution in [0.3, 0.4) is 0 Å². The zero-order valence-electron chi connectivity index (χ0n) is 13.6. The largest absolute Gasteiger partial charge is 0.531 e. The van der Waals surface area contributed by atoms with E-state index in [1.807, 2.05) is 0 Å². The molecule has 0 aromatic heterocycles. The predicted octanol–water partition coefficient (Wildman–Crippen LogP) is 1.34. The third kappa shape index (κ3) is 7.56. The lowest BCUT2D eigenvalue weighted by atomic mass is 9.78. The van der Waals surface area contributed by atoms with Crippen molar-refractivity contribution in [2.24, 2.45) is 11.3 Å². The zero-order chi connectivity index (χ0) is 19.1. The van der Waals surface area contributed by atoms with E-state index >= 15 is 0 Å². The lowest BCUT2D eigenvalue weighted by molar-refractivity contribution is -0.175. The van der Waals surface area contributed by atoms with Crippen LogP contribution < -0.4 is 0 Å². The zero-order valence-corrected chi connectivity index (χ0v) is 13.6. The molecule has 1 unspecified atom stereocenters. The van der Waals surface area contributed by atoms with Crippen LogP contribution >= 0.6 is 0 Å². The summed E-state index contributed by atoms with van der Waals surface area (Å²) in [5.74, 6) is -3.69. The maximum absolute atomic E-state index is 10.8. The van der Waals surface area contributed by atoms with Crippen molar-refractivity contribution >= 4 is 29.9 Å². The van der Waals surface area contributed by atoms with E-state index in [0.717, 1.165) is 0 Å². The lowest BCUT2D eigenvalue weighted by Crippen LogP contribution is -2.31. The fourth-order valence-electron chi connectivity index (χ4n) is 1.93. The highest BCUT2D eigenvalue weighted by molar-refractivity contribution is 6.01. The quantitative estimate of drug-likeness (QED) is 0.624. The Hall–Kier alpha value is -2.65. The van der Waals surface area contributed by atoms with Crippen LogP contribution in [0.25, 0.3) is 0 Å². The highest BCUT2D eigenvalue weighted by atomic mass is 16.8. The molecule has 0 radical (unpaired) electrons. The second kappa shape index (κ2) is 8.85. The minimum Gasteiger partial charge on any atom is -0.481 e. The van der Waals surface area contributed by atoms with Gasteiger partial charge in [-0.1, -0.05) is 25.8 Å². The van der Waals surface area contributed by atoms with Gasteiger partial charge in [-0.15, -0.1) is 0 Å². The van der Waals surface area contributed by atoms with Gasteiger partial charge in [0.15, 0.2) is 0 Å². The topological polar surface area (TPSA) is 159 Å². The number of hydroxylamine groups is 2. The maximum atomic E-state index is 10.8. The molecule has 0 aliphatic carbocycles. The number of rotatable bonds is 5. The number of aliphatic carboxylic acids is 2. The van der Waals surface area contributed by atoms with Gasteiger partial charge in [-0.2, -0.15) is 0 Å². The Morgan fingerprint density at radius 1 is 1.08 bits per heavy atom. The van der Waals surface area contributed by atoms with Gasteiger partial charge in [0.1, 0.15) is 0 Å². The third-order valence-corrected chi connectivity index (χ3v) is 3.17. The molecule has 1 aliphatic rings. The van der Waals surface area contributed by atoms with Crippen LogP contribution in [-0.2, 0) is 24.0 Å². The molecule has 0 aromatic carbocycles. The molecule has 0 bridgehead atoms. The van der Waals surface area contributed by atoms with Crippen molar-refractivity contribution in [3.8, 4) is 0 Å². The molecule has 0 saturated carbocycles. The Kier molecular flexibility index (Phi) is 7.87. The number of carbonyl (C=O) groups is 5. The molecule has 0 aromatic rings. The fourth-order valence-corrected chi connectivity index (χ4v) is 1.93. The molecule has 3 N–H and O–H groups in total. The van der Waals surface area contributed by atoms with Crippen LogP contribution in [-0.4, -0.2) is 50.3 Å². The molecular formula is C14H21NO9. The molecule has 2 amide bonds. The van der Waals surface area contributed by atoms with Crippen LogP contribution in [0.2, 0.25) is 0 Å². The monoisotopic (exact) mass is 347 g/mol. The first-order chi connectivity index (χ1) is 10.9. The normalized spacial score (nSPS) is 15.4. The molecule has 136 valence electrons. The fraction of sp³-hybridized carbons (Fsp3) is 0.643. The van der Waals surface area contributed by atoms with Crippen molar-refractivity contribution in [1.29, 1.82) is 0 Å². The van der Waals surface area contributed by atoms with Gasteiger partial charge >= 0.3 is 18.1 Å². The van der Waals surface area contributed by atoms with E-state index < -0.39 is 35.8 Å². The summed E-state index contributed by atoms with van der Waals surface area (Å²) in [7, 11) is 0. The van der Waals surface area contributed by atoms with E-state index in [2.05, 4.69) is 4.84 Å². The molecule has 1 rings (SSSR count). The van der Waals surface area contributed by atoms with E-state index in [-0.39, 0.29) is 36.2 Å². The Morgan fingerprint density at radius 3 is 1.83 bits per heavy atom. The number of amides is 2. The van der Waals surface area contributed by atoms with Crippen LogP contribution in [0.1, 0.15) is 46.5 Å². The Labute approximate surface area is 138 Å². The maximum Gasteiger partial charge on any atom is 0.531 e. The van der Waals surface area contributed by atoms with Crippen molar-refractivity contribution < 1.29 is 44.1 Å². The highest BCUT2D eigenvalue weighted by Crippen LogP contribution is 2.29. The molecule has 1 heterocycles. The Balaban J connectivity index is 0.000000446. The first kappa shape index (κ1) is 21.4. The van der Waals surface area contributed by atoms with Gasteiger partial charge in [0, 0.05) is 19.3 Å². The summed E-state index contributed by atoms with van der Waals surface area (Å²) in [4.78, 5) is 56.1. The summed E-state index contributed by atoms with van der Waals surface area (Å²) < 4.78 is 0. The summed E-state index contributed by atoms with van der Waals surface area (Å²) in [5.41, 5.74) is -0.388. The van der Waals surface area contributed by atoms with Gasteiger partial charge in [-0.25, -0.2) is 4.79 Å². The van der Waals surface area contributed by atoms with E-state index in [9.17, 15) is 24.0 Å². The Bertz CT molecular complexity index is 505. The number of carbonyl (C=O) groups excluding carboxylic acids is 2. The second-order valence-electron chi connectivity index (χ2n) is 6.13. The molecule has 1 atom stereocenters. The summed E-state index contributed by atoms with van der Waals surface area (Å²) in [6, 6.07) is 0. The van der Waals surface area contributed by atoms with E-state index in [1.165, 1.54) is 0 Å². The molecular weight excluding hydrogens is 326 g/mol. The SMILES string of the molecule is CC(C)(C)C(CCC(=O)O)C(=O)O.O=C(O)ON1C(=O)CCC1=O. The van der Waals surface area contributed by atoms with Gasteiger partial charge in [0.05, 0.1) is 5.92 Å². The van der Waals surface area contributed by atoms with Gasteiger partial charge < -0.3 is 15.3 Å². The van der Waals surface area contributed by atoms with Crippen molar-refractivity contribution in [3.63, 3.8) is 0 Å². The molecule has 1 saturated heterocycles. The molecule has 10 heteroatoms. The van der Waals surface area contributed by atoms with Crippen molar-refractivity contribution in [3.05, 3.63) is 0 Å². The Morgan fingerprint density at radius 2 is 1.54 bits per heavy atom. The van der Waals surface area contributed by atoms with Crippen molar-refractivity contribution in [1.82, 2.24) is 5.06 Å². The molecule has 0 spiro atoms. The number of nitrogens with zero attached hydrogens (tertiary/aromatic N) is 1. The molecule has 24 heavy (non-hydrogen) atoms. The average molecular weight is 347 g/mol. The van der Waals surface area contributed by atoms with Crippen molar-refractivity contribution in [2.75, 3.05) is 0 Å². The predicted molar refractivity (Wildman–Crippen MR) is 77.6 cm³/mol. The minimum atomic E-state index is -1.66. The van der Waals surface area contributed by atoms with E-state index in [4.69, 9.17) is 15.3 Å². The third-order valence-electron chi connectivity index (χ3n) is 3.17. The summed E-state index contributed by atoms with van der Waals surface area (Å²) >= 11 is 0. The van der Waals surface area contributed by atoms with Crippen LogP contribution in [0.15, 0.2) is 0 Å². The number of carboxylic acid groups (broad SMARTS) is 3. The second-order valence-corrected chi connectivity index (χ2v) is 6.13. The van der Waals surface area contributed by atoms with Gasteiger partial charge in [0.2, 0.25) is 0 Å². The van der Waals surface area contributed by atoms with Crippen molar-refractivity contribution in [2.45, 2.75) is 46.5 Å². The smallest absolute Gasteiger partial charge is 0.481 e. The van der Waals surface area contributed by atoms with Crippen LogP contribution in [0.5, 0.6) is 0 Å². The highest BCUT2D eigenvalue weighted by Gasteiger charge is 2.33. The van der Waals surface area contributed by atoms with Crippen LogP contribution in [0, 0.1) is 11.3 Å². The van der Waals surface area contributed by atoms with E-state index in [1.54, 1.807) is 20.8 Å². The summed E-state index contributed by atoms with van der Waals surface area (Å²) in [6.45, 7) is 5.40. The van der Waals surface area contributed by atoms with Gasteiger partial charge in [-0.05, 0) is 11.8 Å². The summed E-state index contributed by atoms with van der Waals surface area (Å²) in [6.07, 6.45) is -1.52. The number of hydrogen-bond acceptors (Lipinski definition) is 6. The average Bonchev–Trinajstić information content (AvgIpc) is 2.68. The standard InChI is InChI=1S/C9H16O4.C5H5NO5/c1-9(2,3)6(8(12)13)4-5-7(10)11;7-3-1-2-4(8)6(3)11-5(9)10/h6H,4-5H2,1-3H3,(H,10,11)(H,12,13);1-2H2,(H,9,10). The molecule has 1 fully saturated rings. The number of hydrogen-bond donors (Lipinski definition) is 3. The molecule has 10 nitrogen and oxygen atoms in total. The lowest BCUT2D eigenvalue weighted by Gasteiger charge is -2.26. The summed E-state index contributed by atoms with van der Waals surface area (Å²) in [5, 5.41) is 25.6. The minimum absolute atomic E-state index is 0.0200. The van der Waals surface area contributed by atoms with Crippen LogP contribution in [0.4, 0.5) is 4.79 Å².